The first-order valence-corrected chi connectivity index (χ1v) is 7.60. The number of nitrogens with one attached hydrogen (secondary N) is 1. The summed E-state index contributed by atoms with van der Waals surface area (Å²) in [5.74, 6) is 0.311. The molecule has 0 unspecified atom stereocenters. The van der Waals surface area contributed by atoms with Crippen LogP contribution >= 0.6 is 0 Å². The summed E-state index contributed by atoms with van der Waals surface area (Å²) in [6, 6.07) is 14.3. The standard InChI is InChI=1S/C19H14F3NO3/c1-25-15-7-5-14(6-8-15)23-18(24)17-10-9-16(26-17)12-3-2-4-13(11-12)19(20,21)22/h2-11H,1H3,(H,23,24). The molecule has 1 N–H and O–H groups in total. The number of halogens is 3. The predicted octanol–water partition coefficient (Wildman–Crippen LogP) is 5.23. The molecule has 1 amide bonds. The van der Waals surface area contributed by atoms with Crippen LogP contribution in [-0.4, -0.2) is 13.0 Å². The molecule has 0 spiro atoms. The van der Waals surface area contributed by atoms with Gasteiger partial charge in [0.15, 0.2) is 5.76 Å². The number of rotatable bonds is 4. The molecule has 0 aliphatic carbocycles. The Morgan fingerprint density at radius 2 is 1.77 bits per heavy atom. The summed E-state index contributed by atoms with van der Waals surface area (Å²) in [7, 11) is 1.53. The van der Waals surface area contributed by atoms with Crippen molar-refractivity contribution in [2.24, 2.45) is 0 Å². The maximum absolute atomic E-state index is 12.8. The van der Waals surface area contributed by atoms with E-state index in [0.717, 1.165) is 12.1 Å². The second kappa shape index (κ2) is 6.95. The third-order valence-corrected chi connectivity index (χ3v) is 3.65. The Kier molecular flexibility index (Phi) is 4.71. The zero-order chi connectivity index (χ0) is 18.7. The van der Waals surface area contributed by atoms with Crippen LogP contribution in [0.1, 0.15) is 16.1 Å². The van der Waals surface area contributed by atoms with Gasteiger partial charge in [0.1, 0.15) is 11.5 Å². The Labute approximate surface area is 147 Å². The normalized spacial score (nSPS) is 11.2. The molecule has 2 aromatic carbocycles. The lowest BCUT2D eigenvalue weighted by molar-refractivity contribution is -0.137. The molecule has 0 aliphatic rings. The summed E-state index contributed by atoms with van der Waals surface area (Å²) in [4.78, 5) is 12.2. The van der Waals surface area contributed by atoms with E-state index < -0.39 is 17.6 Å². The number of benzene rings is 2. The lowest BCUT2D eigenvalue weighted by atomic mass is 10.1. The number of hydrogen-bond acceptors (Lipinski definition) is 3. The Morgan fingerprint density at radius 1 is 1.04 bits per heavy atom. The largest absolute Gasteiger partial charge is 0.497 e. The Balaban J connectivity index is 1.77. The zero-order valence-corrected chi connectivity index (χ0v) is 13.6. The molecule has 0 bridgehead atoms. The van der Waals surface area contributed by atoms with Crippen molar-refractivity contribution < 1.29 is 27.1 Å². The van der Waals surface area contributed by atoms with Crippen LogP contribution in [-0.2, 0) is 6.18 Å². The van der Waals surface area contributed by atoms with E-state index in [1.165, 1.54) is 31.4 Å². The van der Waals surface area contributed by atoms with Crippen LogP contribution in [0.3, 0.4) is 0 Å². The number of amides is 1. The van der Waals surface area contributed by atoms with Gasteiger partial charge in [-0.05, 0) is 48.5 Å². The van der Waals surface area contributed by atoms with E-state index in [9.17, 15) is 18.0 Å². The zero-order valence-electron chi connectivity index (χ0n) is 13.6. The minimum atomic E-state index is -4.45. The number of ether oxygens (including phenoxy) is 1. The fourth-order valence-electron chi connectivity index (χ4n) is 2.33. The molecule has 1 aromatic heterocycles. The molecule has 0 saturated heterocycles. The molecule has 3 aromatic rings. The van der Waals surface area contributed by atoms with Crippen LogP contribution < -0.4 is 10.1 Å². The van der Waals surface area contributed by atoms with Gasteiger partial charge < -0.3 is 14.5 Å². The summed E-state index contributed by atoms with van der Waals surface area (Å²) in [5.41, 5.74) is -0.00762. The van der Waals surface area contributed by atoms with Crippen molar-refractivity contribution in [2.45, 2.75) is 6.18 Å². The van der Waals surface area contributed by atoms with Crippen LogP contribution in [0.5, 0.6) is 5.75 Å². The molecule has 7 heteroatoms. The molecule has 0 fully saturated rings. The van der Waals surface area contributed by atoms with Gasteiger partial charge in [0.05, 0.1) is 12.7 Å². The molecule has 3 rings (SSSR count). The number of alkyl halides is 3. The van der Waals surface area contributed by atoms with Gasteiger partial charge >= 0.3 is 6.18 Å². The molecule has 26 heavy (non-hydrogen) atoms. The van der Waals surface area contributed by atoms with E-state index in [2.05, 4.69) is 5.32 Å². The third kappa shape index (κ3) is 3.88. The molecule has 0 saturated carbocycles. The smallest absolute Gasteiger partial charge is 0.416 e. The van der Waals surface area contributed by atoms with Gasteiger partial charge in [0.25, 0.3) is 5.91 Å². The predicted molar refractivity (Wildman–Crippen MR) is 90.1 cm³/mol. The van der Waals surface area contributed by atoms with E-state index in [-0.39, 0.29) is 17.1 Å². The van der Waals surface area contributed by atoms with Gasteiger partial charge in [0, 0.05) is 11.3 Å². The monoisotopic (exact) mass is 361 g/mol. The molecule has 0 radical (unpaired) electrons. The molecule has 4 nitrogen and oxygen atoms in total. The minimum Gasteiger partial charge on any atom is -0.497 e. The topological polar surface area (TPSA) is 51.5 Å². The van der Waals surface area contributed by atoms with Gasteiger partial charge in [-0.25, -0.2) is 0 Å². The molecular formula is C19H14F3NO3. The highest BCUT2D eigenvalue weighted by Crippen LogP contribution is 2.32. The summed E-state index contributed by atoms with van der Waals surface area (Å²) in [6.07, 6.45) is -4.45. The van der Waals surface area contributed by atoms with Crippen molar-refractivity contribution in [3.05, 3.63) is 72.0 Å². The molecule has 134 valence electrons. The van der Waals surface area contributed by atoms with Crippen molar-refractivity contribution in [2.75, 3.05) is 12.4 Å². The average molecular weight is 361 g/mol. The summed E-state index contributed by atoms with van der Waals surface area (Å²) >= 11 is 0. The maximum atomic E-state index is 12.8. The fourth-order valence-corrected chi connectivity index (χ4v) is 2.33. The fraction of sp³-hybridized carbons (Fsp3) is 0.105. The highest BCUT2D eigenvalue weighted by atomic mass is 19.4. The number of methoxy groups -OCH3 is 1. The number of furan rings is 1. The van der Waals surface area contributed by atoms with E-state index in [0.29, 0.717) is 11.4 Å². The van der Waals surface area contributed by atoms with Crippen molar-refractivity contribution in [3.8, 4) is 17.1 Å². The maximum Gasteiger partial charge on any atom is 0.416 e. The van der Waals surface area contributed by atoms with Crippen LogP contribution in [0, 0.1) is 0 Å². The number of anilines is 1. The number of carbonyl (C=O) groups is 1. The SMILES string of the molecule is COc1ccc(NC(=O)c2ccc(-c3cccc(C(F)(F)F)c3)o2)cc1. The van der Waals surface area contributed by atoms with Gasteiger partial charge in [-0.2, -0.15) is 13.2 Å². The van der Waals surface area contributed by atoms with Gasteiger partial charge in [-0.1, -0.05) is 12.1 Å². The summed E-state index contributed by atoms with van der Waals surface area (Å²) in [6.45, 7) is 0. The van der Waals surface area contributed by atoms with E-state index in [1.807, 2.05) is 0 Å². The number of carbonyl (C=O) groups excluding carboxylic acids is 1. The quantitative estimate of drug-likeness (QED) is 0.693. The second-order valence-electron chi connectivity index (χ2n) is 5.43. The third-order valence-electron chi connectivity index (χ3n) is 3.65. The van der Waals surface area contributed by atoms with Gasteiger partial charge in [-0.3, -0.25) is 4.79 Å². The first-order chi connectivity index (χ1) is 12.4. The summed E-state index contributed by atoms with van der Waals surface area (Å²) in [5, 5.41) is 2.64. The van der Waals surface area contributed by atoms with Crippen LogP contribution in [0.25, 0.3) is 11.3 Å². The van der Waals surface area contributed by atoms with Gasteiger partial charge in [0.2, 0.25) is 0 Å². The second-order valence-corrected chi connectivity index (χ2v) is 5.43. The van der Waals surface area contributed by atoms with E-state index >= 15 is 0 Å². The molecule has 0 aliphatic heterocycles. The highest BCUT2D eigenvalue weighted by Gasteiger charge is 2.30. The minimum absolute atomic E-state index is 0.00627. The Morgan fingerprint density at radius 3 is 2.42 bits per heavy atom. The molecular weight excluding hydrogens is 347 g/mol. The highest BCUT2D eigenvalue weighted by molar-refractivity contribution is 6.02. The van der Waals surface area contributed by atoms with Crippen molar-refractivity contribution in [1.29, 1.82) is 0 Å². The first-order valence-electron chi connectivity index (χ1n) is 7.60. The van der Waals surface area contributed by atoms with Crippen molar-refractivity contribution in [1.82, 2.24) is 0 Å². The Bertz CT molecular complexity index is 914. The van der Waals surface area contributed by atoms with Crippen LogP contribution in [0.2, 0.25) is 0 Å². The Hall–Kier alpha value is -3.22. The lowest BCUT2D eigenvalue weighted by Crippen LogP contribution is -2.10. The van der Waals surface area contributed by atoms with Crippen molar-refractivity contribution >= 4 is 11.6 Å². The number of hydrogen-bond donors (Lipinski definition) is 1. The first kappa shape index (κ1) is 17.6. The molecule has 1 heterocycles. The summed E-state index contributed by atoms with van der Waals surface area (Å²) < 4.78 is 48.9. The lowest BCUT2D eigenvalue weighted by Gasteiger charge is -2.07. The van der Waals surface area contributed by atoms with Crippen LogP contribution in [0.4, 0.5) is 18.9 Å². The van der Waals surface area contributed by atoms with E-state index in [1.54, 1.807) is 24.3 Å². The van der Waals surface area contributed by atoms with Crippen LogP contribution in [0.15, 0.2) is 65.1 Å². The van der Waals surface area contributed by atoms with Crippen molar-refractivity contribution in [3.63, 3.8) is 0 Å². The van der Waals surface area contributed by atoms with Gasteiger partial charge in [-0.15, -0.1) is 0 Å². The van der Waals surface area contributed by atoms with E-state index in [4.69, 9.17) is 9.15 Å². The average Bonchev–Trinajstić information content (AvgIpc) is 3.12. The molecule has 0 atom stereocenters.